The Morgan fingerprint density at radius 1 is 1.86 bits per heavy atom. The third-order valence-corrected chi connectivity index (χ3v) is 1.90. The van der Waals surface area contributed by atoms with Gasteiger partial charge in [-0.1, -0.05) is 29.5 Å². The topological polar surface area (TPSA) is 23.8 Å². The van der Waals surface area contributed by atoms with Crippen LogP contribution in [0, 0.1) is 11.3 Å². The molecule has 0 radical (unpaired) electrons. The summed E-state index contributed by atoms with van der Waals surface area (Å²) in [6.07, 6.45) is 0.921. The predicted octanol–water partition coefficient (Wildman–Crippen LogP) is 2.11. The van der Waals surface area contributed by atoms with E-state index >= 15 is 0 Å². The molecule has 0 aliphatic heterocycles. The van der Waals surface area contributed by atoms with E-state index in [9.17, 15) is 0 Å². The highest BCUT2D eigenvalue weighted by Crippen LogP contribution is 2.19. The Hall–Kier alpha value is 0.220. The fourth-order valence-corrected chi connectivity index (χ4v) is 0.0791. The van der Waals surface area contributed by atoms with Crippen LogP contribution in [0.5, 0.6) is 0 Å². The van der Waals surface area contributed by atoms with Crippen LogP contribution in [0.1, 0.15) is 20.3 Å². The molecule has 2 heteroatoms. The molecule has 1 atom stereocenters. The molecule has 40 valence electrons. The van der Waals surface area contributed by atoms with Gasteiger partial charge in [0.25, 0.3) is 0 Å². The highest BCUT2D eigenvalue weighted by atomic mass is 127. The van der Waals surface area contributed by atoms with E-state index in [1.807, 2.05) is 13.8 Å². The van der Waals surface area contributed by atoms with E-state index in [1.165, 1.54) is 0 Å². The number of hydrogen-bond acceptors (Lipinski definition) is 1. The van der Waals surface area contributed by atoms with Crippen LogP contribution in [0.2, 0.25) is 0 Å². The zero-order valence-electron chi connectivity index (χ0n) is 4.53. The van der Waals surface area contributed by atoms with Crippen molar-refractivity contribution < 1.29 is 0 Å². The van der Waals surface area contributed by atoms with E-state index < -0.39 is 0 Å². The molecule has 0 aliphatic rings. The van der Waals surface area contributed by atoms with E-state index in [-0.39, 0.29) is 3.42 Å². The minimum atomic E-state index is -0.141. The average molecular weight is 209 g/mol. The summed E-state index contributed by atoms with van der Waals surface area (Å²) in [5.74, 6) is 0. The molecule has 1 nitrogen and oxygen atoms in total. The van der Waals surface area contributed by atoms with Crippen molar-refractivity contribution in [1.82, 2.24) is 0 Å². The molecule has 0 aromatic heterocycles. The molecule has 0 bridgehead atoms. The summed E-state index contributed by atoms with van der Waals surface area (Å²) in [5.41, 5.74) is 0. The number of halogens is 1. The number of hydrogen-bond donors (Lipinski definition) is 0. The smallest absolute Gasteiger partial charge is 0.105 e. The SMILES string of the molecule is CCC(C)(I)C#N. The second-order valence-electron chi connectivity index (χ2n) is 1.66. The van der Waals surface area contributed by atoms with Gasteiger partial charge in [0, 0.05) is 0 Å². The standard InChI is InChI=1S/C5H8IN/c1-3-5(2,6)4-7/h3H2,1-2H3. The normalized spacial score (nSPS) is 17.4. The Balaban J connectivity index is 3.66. The molecular weight excluding hydrogens is 201 g/mol. The highest BCUT2D eigenvalue weighted by Gasteiger charge is 2.13. The van der Waals surface area contributed by atoms with Crippen molar-refractivity contribution in [3.05, 3.63) is 0 Å². The minimum absolute atomic E-state index is 0.141. The summed E-state index contributed by atoms with van der Waals surface area (Å²) in [6.45, 7) is 3.93. The highest BCUT2D eigenvalue weighted by molar-refractivity contribution is 14.1. The summed E-state index contributed by atoms with van der Waals surface area (Å²) in [5, 5.41) is 8.34. The van der Waals surface area contributed by atoms with E-state index in [0.717, 1.165) is 6.42 Å². The quantitative estimate of drug-likeness (QED) is 0.479. The first-order chi connectivity index (χ1) is 3.12. The Kier molecular flexibility index (Phi) is 2.59. The maximum absolute atomic E-state index is 8.34. The second-order valence-corrected chi connectivity index (χ2v) is 4.04. The van der Waals surface area contributed by atoms with Gasteiger partial charge >= 0.3 is 0 Å². The fourth-order valence-electron chi connectivity index (χ4n) is 0.0791. The lowest BCUT2D eigenvalue weighted by Crippen LogP contribution is -2.08. The number of nitriles is 1. The van der Waals surface area contributed by atoms with Gasteiger partial charge in [0.2, 0.25) is 0 Å². The van der Waals surface area contributed by atoms with Crippen LogP contribution in [0.4, 0.5) is 0 Å². The van der Waals surface area contributed by atoms with Crippen molar-refractivity contribution in [2.45, 2.75) is 23.7 Å². The molecule has 7 heavy (non-hydrogen) atoms. The number of rotatable bonds is 1. The fraction of sp³-hybridized carbons (Fsp3) is 0.800. The third kappa shape index (κ3) is 2.86. The van der Waals surface area contributed by atoms with Crippen LogP contribution in [0.3, 0.4) is 0 Å². The van der Waals surface area contributed by atoms with Gasteiger partial charge in [-0.15, -0.1) is 0 Å². The lowest BCUT2D eigenvalue weighted by atomic mass is 10.1. The zero-order chi connectivity index (χ0) is 5.91. The Labute approximate surface area is 57.9 Å². The van der Waals surface area contributed by atoms with Crippen LogP contribution in [0.25, 0.3) is 0 Å². The van der Waals surface area contributed by atoms with Crippen molar-refractivity contribution in [2.75, 3.05) is 0 Å². The molecule has 0 aliphatic carbocycles. The lowest BCUT2D eigenvalue weighted by molar-refractivity contribution is 0.803. The van der Waals surface area contributed by atoms with E-state index in [4.69, 9.17) is 5.26 Å². The molecule has 0 fully saturated rings. The Morgan fingerprint density at radius 3 is 2.29 bits per heavy atom. The van der Waals surface area contributed by atoms with Crippen LogP contribution in [-0.4, -0.2) is 3.42 Å². The van der Waals surface area contributed by atoms with Gasteiger partial charge in [0.15, 0.2) is 0 Å². The summed E-state index contributed by atoms with van der Waals surface area (Å²) in [6, 6.07) is 2.18. The van der Waals surface area contributed by atoms with Crippen LogP contribution < -0.4 is 0 Å². The Bertz CT molecular complexity index is 90.7. The van der Waals surface area contributed by atoms with Crippen molar-refractivity contribution in [2.24, 2.45) is 0 Å². The molecule has 0 rings (SSSR count). The van der Waals surface area contributed by atoms with Crippen molar-refractivity contribution in [3.8, 4) is 6.07 Å². The summed E-state index contributed by atoms with van der Waals surface area (Å²) < 4.78 is -0.141. The maximum atomic E-state index is 8.34. The molecule has 0 heterocycles. The van der Waals surface area contributed by atoms with Gasteiger partial charge in [-0.05, 0) is 13.3 Å². The van der Waals surface area contributed by atoms with Gasteiger partial charge in [-0.3, -0.25) is 0 Å². The lowest BCUT2D eigenvalue weighted by Gasteiger charge is -2.06. The average Bonchev–Trinajstić information content (AvgIpc) is 1.68. The molecule has 0 saturated heterocycles. The first-order valence-electron chi connectivity index (χ1n) is 2.22. The van der Waals surface area contributed by atoms with Crippen molar-refractivity contribution in [3.63, 3.8) is 0 Å². The summed E-state index contributed by atoms with van der Waals surface area (Å²) >= 11 is 2.14. The van der Waals surface area contributed by atoms with Crippen LogP contribution in [-0.2, 0) is 0 Å². The van der Waals surface area contributed by atoms with Crippen LogP contribution >= 0.6 is 22.6 Å². The molecule has 0 amide bonds. The monoisotopic (exact) mass is 209 g/mol. The zero-order valence-corrected chi connectivity index (χ0v) is 6.69. The molecule has 0 saturated carbocycles. The van der Waals surface area contributed by atoms with Gasteiger partial charge in [-0.25, -0.2) is 0 Å². The first-order valence-corrected chi connectivity index (χ1v) is 3.30. The van der Waals surface area contributed by atoms with Crippen molar-refractivity contribution in [1.29, 1.82) is 5.26 Å². The second kappa shape index (κ2) is 2.51. The molecule has 0 aromatic rings. The minimum Gasteiger partial charge on any atom is -0.197 e. The molecule has 0 N–H and O–H groups in total. The molecular formula is C5H8IN. The molecule has 0 spiro atoms. The third-order valence-electron chi connectivity index (χ3n) is 0.897. The summed E-state index contributed by atoms with van der Waals surface area (Å²) in [7, 11) is 0. The van der Waals surface area contributed by atoms with Crippen LogP contribution in [0.15, 0.2) is 0 Å². The van der Waals surface area contributed by atoms with Crippen molar-refractivity contribution >= 4 is 22.6 Å². The Morgan fingerprint density at radius 2 is 2.29 bits per heavy atom. The predicted molar refractivity (Wildman–Crippen MR) is 38.3 cm³/mol. The van der Waals surface area contributed by atoms with Gasteiger partial charge < -0.3 is 0 Å². The molecule has 1 unspecified atom stereocenters. The number of nitrogens with zero attached hydrogens (tertiary/aromatic N) is 1. The molecule has 0 aromatic carbocycles. The van der Waals surface area contributed by atoms with E-state index in [2.05, 4.69) is 28.7 Å². The largest absolute Gasteiger partial charge is 0.197 e. The summed E-state index contributed by atoms with van der Waals surface area (Å²) in [4.78, 5) is 0. The number of alkyl halides is 1. The van der Waals surface area contributed by atoms with E-state index in [0.29, 0.717) is 0 Å². The first kappa shape index (κ1) is 7.22. The van der Waals surface area contributed by atoms with Gasteiger partial charge in [0.05, 0.1) is 6.07 Å². The van der Waals surface area contributed by atoms with Gasteiger partial charge in [-0.2, -0.15) is 5.26 Å². The van der Waals surface area contributed by atoms with E-state index in [1.54, 1.807) is 0 Å². The van der Waals surface area contributed by atoms with Gasteiger partial charge in [0.1, 0.15) is 3.42 Å². The maximum Gasteiger partial charge on any atom is 0.105 e.